The van der Waals surface area contributed by atoms with Crippen LogP contribution in [0.1, 0.15) is 51.8 Å². The van der Waals surface area contributed by atoms with Gasteiger partial charge >= 0.3 is 0 Å². The van der Waals surface area contributed by atoms with Crippen molar-refractivity contribution in [1.29, 1.82) is 0 Å². The number of hydrogen-bond donors (Lipinski definition) is 1. The molecule has 3 atom stereocenters. The molecule has 5 rings (SSSR count). The van der Waals surface area contributed by atoms with E-state index in [1.165, 1.54) is 0 Å². The van der Waals surface area contributed by atoms with Gasteiger partial charge in [-0.1, -0.05) is 72.3 Å². The minimum atomic E-state index is -1.01. The molecule has 39 heavy (non-hydrogen) atoms. The lowest BCUT2D eigenvalue weighted by Gasteiger charge is -2.44. The Morgan fingerprint density at radius 1 is 1.00 bits per heavy atom. The standard InChI is InChI=1S/C30H32ClN3O4S/c1-39(37)33-17-15-21(16-18-33)19-34-28(23-11-13-24(31)14-12-23)27(25-9-5-6-10-26(25)30(34)36)29(35)32-38-20-22-7-3-2-4-8-22/h2-14,21,27-28H,15-20H2,1H3,(H,32,35)/t27-,28+,39?/m1/s1. The van der Waals surface area contributed by atoms with E-state index in [1.54, 1.807) is 24.5 Å². The van der Waals surface area contributed by atoms with E-state index in [0.717, 1.165) is 37.1 Å². The second kappa shape index (κ2) is 12.4. The van der Waals surface area contributed by atoms with E-state index in [4.69, 9.17) is 16.4 Å². The molecule has 2 heterocycles. The number of halogens is 1. The number of fused-ring (bicyclic) bond motifs is 1. The summed E-state index contributed by atoms with van der Waals surface area (Å²) in [7, 11) is -1.01. The number of nitrogens with zero attached hydrogens (tertiary/aromatic N) is 2. The first-order chi connectivity index (χ1) is 18.9. The summed E-state index contributed by atoms with van der Waals surface area (Å²) in [6, 6.07) is 23.7. The van der Waals surface area contributed by atoms with Crippen molar-refractivity contribution in [3.05, 3.63) is 106 Å². The molecule has 1 fully saturated rings. The van der Waals surface area contributed by atoms with Crippen molar-refractivity contribution in [1.82, 2.24) is 14.7 Å². The van der Waals surface area contributed by atoms with E-state index >= 15 is 0 Å². The van der Waals surface area contributed by atoms with Crippen LogP contribution in [0, 0.1) is 5.92 Å². The van der Waals surface area contributed by atoms with Crippen molar-refractivity contribution in [3.8, 4) is 0 Å². The van der Waals surface area contributed by atoms with Crippen molar-refractivity contribution in [2.75, 3.05) is 25.9 Å². The Kier molecular flexibility index (Phi) is 8.77. The Labute approximate surface area is 236 Å². The van der Waals surface area contributed by atoms with Crippen LogP contribution in [0.25, 0.3) is 0 Å². The van der Waals surface area contributed by atoms with Crippen LogP contribution in [0.5, 0.6) is 0 Å². The molecule has 0 aromatic heterocycles. The maximum absolute atomic E-state index is 14.0. The number of carbonyl (C=O) groups excluding carboxylic acids is 2. The lowest BCUT2D eigenvalue weighted by atomic mass is 9.78. The van der Waals surface area contributed by atoms with Gasteiger partial charge in [-0.25, -0.2) is 14.0 Å². The summed E-state index contributed by atoms with van der Waals surface area (Å²) in [5, 5.41) is 0.583. The third kappa shape index (κ3) is 6.25. The Hall–Kier alpha value is -3.04. The summed E-state index contributed by atoms with van der Waals surface area (Å²) in [5.41, 5.74) is 5.64. The molecule has 1 saturated heterocycles. The molecule has 2 aliphatic heterocycles. The minimum Gasteiger partial charge on any atom is -0.330 e. The number of carbonyl (C=O) groups is 2. The fraction of sp³-hybridized carbons (Fsp3) is 0.333. The molecule has 0 spiro atoms. The third-order valence-corrected chi connectivity index (χ3v) is 8.92. The lowest BCUT2D eigenvalue weighted by Crippen LogP contribution is -2.50. The van der Waals surface area contributed by atoms with E-state index in [0.29, 0.717) is 22.7 Å². The molecule has 2 aliphatic rings. The maximum Gasteiger partial charge on any atom is 0.254 e. The van der Waals surface area contributed by atoms with Crippen LogP contribution in [-0.2, 0) is 27.2 Å². The number of benzene rings is 3. The number of piperidine rings is 1. The molecular formula is C30H32ClN3O4S. The summed E-state index contributed by atoms with van der Waals surface area (Å²) >= 11 is 6.21. The Morgan fingerprint density at radius 3 is 2.36 bits per heavy atom. The number of nitrogens with one attached hydrogen (secondary N) is 1. The first kappa shape index (κ1) is 27.5. The molecule has 0 radical (unpaired) electrons. The van der Waals surface area contributed by atoms with Crippen molar-refractivity contribution < 1.29 is 18.6 Å². The first-order valence-electron chi connectivity index (χ1n) is 13.1. The van der Waals surface area contributed by atoms with Gasteiger partial charge in [-0.05, 0) is 53.6 Å². The zero-order chi connectivity index (χ0) is 27.4. The summed E-state index contributed by atoms with van der Waals surface area (Å²) in [4.78, 5) is 35.3. The second-order valence-corrected chi connectivity index (χ2v) is 11.9. The van der Waals surface area contributed by atoms with E-state index < -0.39 is 22.9 Å². The summed E-state index contributed by atoms with van der Waals surface area (Å²) in [5.74, 6) is -0.862. The molecule has 0 bridgehead atoms. The average molecular weight is 566 g/mol. The van der Waals surface area contributed by atoms with Crippen LogP contribution in [0.2, 0.25) is 5.02 Å². The molecule has 1 unspecified atom stereocenters. The topological polar surface area (TPSA) is 79.0 Å². The van der Waals surface area contributed by atoms with Crippen molar-refractivity contribution in [2.24, 2.45) is 5.92 Å². The van der Waals surface area contributed by atoms with Crippen molar-refractivity contribution >= 4 is 34.4 Å². The zero-order valence-corrected chi connectivity index (χ0v) is 23.4. The van der Waals surface area contributed by atoms with Crippen LogP contribution >= 0.6 is 11.6 Å². The second-order valence-electron chi connectivity index (χ2n) is 10.1. The zero-order valence-electron chi connectivity index (χ0n) is 21.8. The summed E-state index contributed by atoms with van der Waals surface area (Å²) in [6.45, 7) is 2.16. The molecule has 0 aliphatic carbocycles. The predicted octanol–water partition coefficient (Wildman–Crippen LogP) is 4.87. The average Bonchev–Trinajstić information content (AvgIpc) is 2.95. The molecule has 3 aromatic rings. The van der Waals surface area contributed by atoms with Crippen molar-refractivity contribution in [2.45, 2.75) is 31.4 Å². The van der Waals surface area contributed by atoms with Gasteiger partial charge < -0.3 is 4.90 Å². The molecule has 2 amide bonds. The summed E-state index contributed by atoms with van der Waals surface area (Å²) in [6.07, 6.45) is 3.36. The van der Waals surface area contributed by atoms with Crippen LogP contribution < -0.4 is 5.48 Å². The Balaban J connectivity index is 1.46. The maximum atomic E-state index is 14.0. The molecular weight excluding hydrogens is 534 g/mol. The molecule has 0 saturated carbocycles. The molecule has 7 nitrogen and oxygen atoms in total. The SMILES string of the molecule is CS(=O)N1CCC(CN2C(=O)c3ccccc3[C@@H](C(=O)NOCc3ccccc3)[C@@H]2c2ccc(Cl)cc2)CC1. The van der Waals surface area contributed by atoms with E-state index in [1.807, 2.05) is 69.9 Å². The lowest BCUT2D eigenvalue weighted by molar-refractivity contribution is -0.138. The van der Waals surface area contributed by atoms with Crippen LogP contribution in [-0.4, -0.2) is 51.1 Å². The highest BCUT2D eigenvalue weighted by molar-refractivity contribution is 7.81. The van der Waals surface area contributed by atoms with Gasteiger partial charge in [-0.15, -0.1) is 0 Å². The number of hydroxylamine groups is 1. The molecule has 1 N–H and O–H groups in total. The fourth-order valence-corrected chi connectivity index (χ4v) is 6.41. The van der Waals surface area contributed by atoms with Crippen molar-refractivity contribution in [3.63, 3.8) is 0 Å². The van der Waals surface area contributed by atoms with E-state index in [9.17, 15) is 13.8 Å². The largest absolute Gasteiger partial charge is 0.330 e. The first-order valence-corrected chi connectivity index (χ1v) is 15.0. The Bertz CT molecular complexity index is 1330. The van der Waals surface area contributed by atoms with Crippen LogP contribution in [0.3, 0.4) is 0 Å². The monoisotopic (exact) mass is 565 g/mol. The normalized spacial score (nSPS) is 20.9. The van der Waals surface area contributed by atoms with Crippen LogP contribution in [0.15, 0.2) is 78.9 Å². The Morgan fingerprint density at radius 2 is 1.67 bits per heavy atom. The highest BCUT2D eigenvalue weighted by atomic mass is 35.5. The third-order valence-electron chi connectivity index (χ3n) is 7.58. The fourth-order valence-electron chi connectivity index (χ4n) is 5.56. The predicted molar refractivity (Wildman–Crippen MR) is 152 cm³/mol. The molecule has 3 aromatic carbocycles. The smallest absolute Gasteiger partial charge is 0.254 e. The highest BCUT2D eigenvalue weighted by Crippen LogP contribution is 2.44. The van der Waals surface area contributed by atoms with Gasteiger partial charge in [-0.2, -0.15) is 0 Å². The quantitative estimate of drug-likeness (QED) is 0.395. The van der Waals surface area contributed by atoms with Gasteiger partial charge in [0.1, 0.15) is 0 Å². The van der Waals surface area contributed by atoms with Gasteiger partial charge in [0.05, 0.1) is 29.6 Å². The van der Waals surface area contributed by atoms with Gasteiger partial charge in [0.25, 0.3) is 11.8 Å². The van der Waals surface area contributed by atoms with Gasteiger partial charge in [0, 0.05) is 36.5 Å². The minimum absolute atomic E-state index is 0.0960. The number of hydrogen-bond acceptors (Lipinski definition) is 4. The van der Waals surface area contributed by atoms with Crippen LogP contribution in [0.4, 0.5) is 0 Å². The van der Waals surface area contributed by atoms with E-state index in [-0.39, 0.29) is 24.3 Å². The van der Waals surface area contributed by atoms with E-state index in [2.05, 4.69) is 5.48 Å². The highest BCUT2D eigenvalue weighted by Gasteiger charge is 2.45. The van der Waals surface area contributed by atoms with Gasteiger partial charge in [0.15, 0.2) is 0 Å². The molecule has 9 heteroatoms. The molecule has 204 valence electrons. The number of rotatable bonds is 8. The van der Waals surface area contributed by atoms with Gasteiger partial charge in [-0.3, -0.25) is 14.4 Å². The van der Waals surface area contributed by atoms with Gasteiger partial charge in [0.2, 0.25) is 0 Å². The summed E-state index contributed by atoms with van der Waals surface area (Å²) < 4.78 is 13.9. The number of amides is 2.